The Kier molecular flexibility index (Phi) is 4.75. The molecule has 0 atom stereocenters. The molecule has 2 aromatic rings. The molecule has 1 aliphatic rings. The van der Waals surface area contributed by atoms with Gasteiger partial charge < -0.3 is 5.11 Å². The Morgan fingerprint density at radius 2 is 1.70 bits per heavy atom. The van der Waals surface area contributed by atoms with Crippen LogP contribution in [0.5, 0.6) is 5.75 Å². The molecule has 0 spiro atoms. The average molecular weight is 308 g/mol. The first-order valence-corrected chi connectivity index (χ1v) is 8.94. The monoisotopic (exact) mass is 308 g/mol. The van der Waals surface area contributed by atoms with E-state index < -0.39 is 0 Å². The van der Waals surface area contributed by atoms with Crippen molar-refractivity contribution in [2.45, 2.75) is 52.4 Å². The van der Waals surface area contributed by atoms with Crippen molar-refractivity contribution in [2.75, 3.05) is 0 Å². The van der Waals surface area contributed by atoms with Gasteiger partial charge in [-0.3, -0.25) is 0 Å². The molecule has 1 saturated carbocycles. The van der Waals surface area contributed by atoms with Crippen LogP contribution in [0.3, 0.4) is 0 Å². The predicted molar refractivity (Wildman–Crippen MR) is 99.6 cm³/mol. The molecule has 0 radical (unpaired) electrons. The van der Waals surface area contributed by atoms with E-state index in [4.69, 9.17) is 0 Å². The smallest absolute Gasteiger partial charge is 0.116 e. The largest absolute Gasteiger partial charge is 0.508 e. The summed E-state index contributed by atoms with van der Waals surface area (Å²) < 4.78 is 0. The summed E-state index contributed by atoms with van der Waals surface area (Å²) in [6.45, 7) is 4.85. The molecular weight excluding hydrogens is 280 g/mol. The summed E-state index contributed by atoms with van der Waals surface area (Å²) in [5.74, 6) is 1.20. The molecule has 1 aliphatic carbocycles. The number of allylic oxidation sites excluding steroid dienone is 1. The lowest BCUT2D eigenvalue weighted by molar-refractivity contribution is 0.161. The van der Waals surface area contributed by atoms with E-state index in [1.807, 2.05) is 12.1 Å². The Balaban J connectivity index is 1.68. The summed E-state index contributed by atoms with van der Waals surface area (Å²) in [5.41, 5.74) is 1.64. The molecule has 0 bridgehead atoms. The molecule has 0 aromatic heterocycles. The number of benzene rings is 2. The maximum atomic E-state index is 9.54. The van der Waals surface area contributed by atoms with Gasteiger partial charge in [-0.2, -0.15) is 0 Å². The second-order valence-corrected chi connectivity index (χ2v) is 7.72. The highest BCUT2D eigenvalue weighted by Crippen LogP contribution is 2.40. The minimum Gasteiger partial charge on any atom is -0.508 e. The van der Waals surface area contributed by atoms with Gasteiger partial charge in [0, 0.05) is 0 Å². The van der Waals surface area contributed by atoms with E-state index in [9.17, 15) is 5.11 Å². The number of hydrogen-bond acceptors (Lipinski definition) is 1. The number of hydrogen-bond donors (Lipinski definition) is 1. The van der Waals surface area contributed by atoms with Gasteiger partial charge in [0.2, 0.25) is 0 Å². The van der Waals surface area contributed by atoms with Crippen LogP contribution in [0.4, 0.5) is 0 Å². The van der Waals surface area contributed by atoms with Crippen molar-refractivity contribution in [1.82, 2.24) is 0 Å². The fourth-order valence-electron chi connectivity index (χ4n) is 3.90. The molecule has 3 rings (SSSR count). The zero-order chi connectivity index (χ0) is 16.3. The van der Waals surface area contributed by atoms with E-state index >= 15 is 0 Å². The minimum absolute atomic E-state index is 0.329. The van der Waals surface area contributed by atoms with Crippen LogP contribution >= 0.6 is 0 Å². The van der Waals surface area contributed by atoms with Crippen LogP contribution in [0.25, 0.3) is 16.8 Å². The van der Waals surface area contributed by atoms with E-state index in [2.05, 4.69) is 44.2 Å². The number of aromatic hydroxyl groups is 1. The Labute approximate surface area is 140 Å². The summed E-state index contributed by atoms with van der Waals surface area (Å²) in [7, 11) is 0. The van der Waals surface area contributed by atoms with E-state index in [0.717, 1.165) is 17.7 Å². The molecule has 2 aromatic carbocycles. The number of rotatable bonds is 4. The van der Waals surface area contributed by atoms with Gasteiger partial charge in [-0.15, -0.1) is 0 Å². The van der Waals surface area contributed by atoms with Crippen molar-refractivity contribution in [3.63, 3.8) is 0 Å². The molecule has 1 heteroatoms. The topological polar surface area (TPSA) is 20.2 Å². The van der Waals surface area contributed by atoms with Crippen LogP contribution in [-0.4, -0.2) is 5.11 Å². The van der Waals surface area contributed by atoms with Crippen molar-refractivity contribution in [3.05, 3.63) is 48.0 Å². The Hall–Kier alpha value is -1.76. The third-order valence-electron chi connectivity index (χ3n) is 5.51. The van der Waals surface area contributed by atoms with Crippen LogP contribution in [0, 0.1) is 11.3 Å². The van der Waals surface area contributed by atoms with Crippen LogP contribution in [-0.2, 0) is 0 Å². The highest BCUT2D eigenvalue weighted by atomic mass is 16.3. The van der Waals surface area contributed by atoms with Gasteiger partial charge in [0.05, 0.1) is 0 Å². The molecule has 0 unspecified atom stereocenters. The fourth-order valence-corrected chi connectivity index (χ4v) is 3.90. The summed E-state index contributed by atoms with van der Waals surface area (Å²) in [4.78, 5) is 0. The van der Waals surface area contributed by atoms with Crippen LogP contribution in [0.15, 0.2) is 42.5 Å². The van der Waals surface area contributed by atoms with Gasteiger partial charge in [-0.05, 0) is 65.1 Å². The molecule has 23 heavy (non-hydrogen) atoms. The molecule has 1 N–H and O–H groups in total. The summed E-state index contributed by atoms with van der Waals surface area (Å²) in [6, 6.07) is 12.0. The van der Waals surface area contributed by atoms with Crippen LogP contribution in [0.2, 0.25) is 0 Å². The first-order chi connectivity index (χ1) is 11.0. The lowest BCUT2D eigenvalue weighted by atomic mass is 9.69. The molecule has 1 nitrogen and oxygen atoms in total. The van der Waals surface area contributed by atoms with Gasteiger partial charge in [-0.25, -0.2) is 0 Å². The van der Waals surface area contributed by atoms with Gasteiger partial charge >= 0.3 is 0 Å². The maximum absolute atomic E-state index is 9.54. The van der Waals surface area contributed by atoms with Crippen molar-refractivity contribution in [2.24, 2.45) is 11.3 Å². The quantitative estimate of drug-likeness (QED) is 0.678. The molecular formula is C22H28O. The molecule has 0 heterocycles. The number of fused-ring (bicyclic) bond motifs is 1. The normalized spacial score (nSPS) is 17.1. The zero-order valence-electron chi connectivity index (χ0n) is 14.4. The minimum atomic E-state index is 0.329. The molecule has 0 amide bonds. The Morgan fingerprint density at radius 1 is 1.00 bits per heavy atom. The summed E-state index contributed by atoms with van der Waals surface area (Å²) >= 11 is 0. The molecule has 122 valence electrons. The first-order valence-electron chi connectivity index (χ1n) is 8.94. The SMILES string of the molecule is CC(C)(C/C=C/c1ccc2cc(O)ccc2c1)C1CCCCC1. The molecule has 1 fully saturated rings. The van der Waals surface area contributed by atoms with Crippen molar-refractivity contribution < 1.29 is 5.11 Å². The van der Waals surface area contributed by atoms with Crippen molar-refractivity contribution >= 4 is 16.8 Å². The van der Waals surface area contributed by atoms with E-state index in [1.54, 1.807) is 6.07 Å². The Morgan fingerprint density at radius 3 is 2.48 bits per heavy atom. The second kappa shape index (κ2) is 6.78. The lowest BCUT2D eigenvalue weighted by Crippen LogP contribution is -2.25. The predicted octanol–water partition coefficient (Wildman–Crippen LogP) is 6.56. The zero-order valence-corrected chi connectivity index (χ0v) is 14.4. The number of phenols is 1. The molecule has 0 aliphatic heterocycles. The highest BCUT2D eigenvalue weighted by molar-refractivity contribution is 5.85. The second-order valence-electron chi connectivity index (χ2n) is 7.72. The van der Waals surface area contributed by atoms with E-state index in [-0.39, 0.29) is 0 Å². The fraction of sp³-hybridized carbons (Fsp3) is 0.455. The van der Waals surface area contributed by atoms with Crippen molar-refractivity contribution in [3.8, 4) is 5.75 Å². The van der Waals surface area contributed by atoms with Crippen LogP contribution < -0.4 is 0 Å². The van der Waals surface area contributed by atoms with Gasteiger partial charge in [0.1, 0.15) is 5.75 Å². The van der Waals surface area contributed by atoms with Gasteiger partial charge in [0.25, 0.3) is 0 Å². The maximum Gasteiger partial charge on any atom is 0.116 e. The van der Waals surface area contributed by atoms with E-state index in [1.165, 1.54) is 43.1 Å². The van der Waals surface area contributed by atoms with Gasteiger partial charge in [0.15, 0.2) is 0 Å². The third kappa shape index (κ3) is 3.96. The van der Waals surface area contributed by atoms with Gasteiger partial charge in [-0.1, -0.05) is 63.5 Å². The summed E-state index contributed by atoms with van der Waals surface area (Å²) in [5, 5.41) is 11.8. The van der Waals surface area contributed by atoms with Crippen LogP contribution in [0.1, 0.15) is 57.9 Å². The third-order valence-corrected chi connectivity index (χ3v) is 5.51. The Bertz CT molecular complexity index is 690. The number of phenolic OH excluding ortho intramolecular Hbond substituents is 1. The first kappa shape index (κ1) is 16.1. The lowest BCUT2D eigenvalue weighted by Gasteiger charge is -2.36. The molecule has 0 saturated heterocycles. The standard InChI is InChI=1S/C22H28O/c1-22(2,20-8-4-3-5-9-20)14-6-7-17-10-11-19-16-21(23)13-12-18(19)15-17/h6-7,10-13,15-16,20,23H,3-5,8-9,14H2,1-2H3/b7-6+. The van der Waals surface area contributed by atoms with Crippen molar-refractivity contribution in [1.29, 1.82) is 0 Å². The highest BCUT2D eigenvalue weighted by Gasteiger charge is 2.29. The summed E-state index contributed by atoms with van der Waals surface area (Å²) in [6.07, 6.45) is 12.8. The average Bonchev–Trinajstić information content (AvgIpc) is 2.55. The van der Waals surface area contributed by atoms with E-state index in [0.29, 0.717) is 11.2 Å².